The molecule has 3 rings (SSSR count). The van der Waals surface area contributed by atoms with E-state index in [1.165, 1.54) is 12.8 Å². The Morgan fingerprint density at radius 3 is 2.58 bits per heavy atom. The number of benzene rings is 1. The maximum absolute atomic E-state index is 12.9. The second-order valence-corrected chi connectivity index (χ2v) is 7.95. The lowest BCUT2D eigenvalue weighted by molar-refractivity contribution is -0.133. The van der Waals surface area contributed by atoms with E-state index in [0.29, 0.717) is 11.1 Å². The predicted octanol–water partition coefficient (Wildman–Crippen LogP) is 3.20. The second kappa shape index (κ2) is 8.15. The average molecular weight is 398 g/mol. The molecule has 0 bridgehead atoms. The van der Waals surface area contributed by atoms with Crippen LogP contribution in [-0.4, -0.2) is 59.4 Å². The monoisotopic (exact) mass is 397 g/mol. The summed E-state index contributed by atoms with van der Waals surface area (Å²) < 4.78 is 0. The molecule has 26 heavy (non-hydrogen) atoms. The van der Waals surface area contributed by atoms with Crippen molar-refractivity contribution >= 4 is 35.0 Å². The van der Waals surface area contributed by atoms with Crippen LogP contribution >= 0.6 is 23.2 Å². The fourth-order valence-electron chi connectivity index (χ4n) is 4.06. The summed E-state index contributed by atoms with van der Waals surface area (Å²) in [6.45, 7) is 6.80. The van der Waals surface area contributed by atoms with Crippen molar-refractivity contribution in [1.29, 1.82) is 0 Å². The highest BCUT2D eigenvalue weighted by molar-refractivity contribution is 6.43. The molecule has 1 aromatic carbocycles. The molecule has 2 aliphatic heterocycles. The zero-order chi connectivity index (χ0) is 18.8. The van der Waals surface area contributed by atoms with Crippen LogP contribution in [0.1, 0.15) is 43.5 Å². The fraction of sp³-hybridized carbons (Fsp3) is 0.579. The van der Waals surface area contributed by atoms with Crippen LogP contribution in [0.25, 0.3) is 0 Å². The van der Waals surface area contributed by atoms with Gasteiger partial charge in [-0.3, -0.25) is 14.5 Å². The minimum absolute atomic E-state index is 0.0503. The molecule has 0 spiro atoms. The number of hydrogen-bond acceptors (Lipinski definition) is 3. The lowest BCUT2D eigenvalue weighted by atomic mass is 10.1. The molecule has 3 atom stereocenters. The summed E-state index contributed by atoms with van der Waals surface area (Å²) in [5.74, 6) is -0.438. The number of rotatable bonds is 4. The molecule has 1 N–H and O–H groups in total. The molecule has 0 aliphatic carbocycles. The van der Waals surface area contributed by atoms with E-state index in [2.05, 4.69) is 17.1 Å². The second-order valence-electron chi connectivity index (χ2n) is 7.17. The van der Waals surface area contributed by atoms with Crippen molar-refractivity contribution in [2.24, 2.45) is 0 Å². The zero-order valence-corrected chi connectivity index (χ0v) is 16.7. The van der Waals surface area contributed by atoms with Crippen molar-refractivity contribution in [2.75, 3.05) is 19.6 Å². The predicted molar refractivity (Wildman–Crippen MR) is 104 cm³/mol. The summed E-state index contributed by atoms with van der Waals surface area (Å²) in [5.41, 5.74) is 0.281. The molecule has 2 amide bonds. The first-order valence-electron chi connectivity index (χ1n) is 9.19. The van der Waals surface area contributed by atoms with Gasteiger partial charge in [0.2, 0.25) is 5.91 Å². The van der Waals surface area contributed by atoms with Crippen molar-refractivity contribution in [1.82, 2.24) is 15.1 Å². The van der Waals surface area contributed by atoms with E-state index in [-0.39, 0.29) is 28.4 Å². The van der Waals surface area contributed by atoms with Crippen LogP contribution in [0.3, 0.4) is 0 Å². The third-order valence-corrected chi connectivity index (χ3v) is 6.34. The topological polar surface area (TPSA) is 52.7 Å². The molecular formula is C19H25Cl2N3O2. The Hall–Kier alpha value is -1.30. The van der Waals surface area contributed by atoms with Crippen LogP contribution in [0.15, 0.2) is 18.2 Å². The first-order chi connectivity index (χ1) is 12.4. The number of carbonyl (C=O) groups excluding carboxylic acids is 2. The summed E-state index contributed by atoms with van der Waals surface area (Å²) in [4.78, 5) is 29.7. The third kappa shape index (κ3) is 3.85. The molecule has 1 aromatic rings. The van der Waals surface area contributed by atoms with Gasteiger partial charge in [0.1, 0.15) is 6.04 Å². The van der Waals surface area contributed by atoms with Crippen LogP contribution in [0, 0.1) is 0 Å². The minimum Gasteiger partial charge on any atom is -0.340 e. The quantitative estimate of drug-likeness (QED) is 0.848. The van der Waals surface area contributed by atoms with E-state index in [0.717, 1.165) is 26.1 Å². The normalized spacial score (nSPS) is 24.7. The van der Waals surface area contributed by atoms with Gasteiger partial charge >= 0.3 is 0 Å². The molecule has 0 unspecified atom stereocenters. The molecule has 142 valence electrons. The van der Waals surface area contributed by atoms with E-state index in [4.69, 9.17) is 23.2 Å². The highest BCUT2D eigenvalue weighted by Gasteiger charge is 2.39. The third-order valence-electron chi connectivity index (χ3n) is 5.52. The highest BCUT2D eigenvalue weighted by Crippen LogP contribution is 2.27. The number of amides is 2. The van der Waals surface area contributed by atoms with Crippen molar-refractivity contribution in [3.63, 3.8) is 0 Å². The number of halogens is 2. The maximum atomic E-state index is 12.9. The molecule has 5 nitrogen and oxygen atoms in total. The molecule has 0 radical (unpaired) electrons. The van der Waals surface area contributed by atoms with Gasteiger partial charge < -0.3 is 10.2 Å². The Balaban J connectivity index is 1.62. The SMILES string of the molecule is C[C@H](NC(=O)c1cccc(Cl)c1Cl)C(=O)N1CC[C@@H](N2CCCC2)[C@H]1C. The van der Waals surface area contributed by atoms with Crippen molar-refractivity contribution in [3.05, 3.63) is 33.8 Å². The van der Waals surface area contributed by atoms with Gasteiger partial charge in [-0.15, -0.1) is 0 Å². The first-order valence-corrected chi connectivity index (χ1v) is 9.95. The number of carbonyl (C=O) groups is 2. The zero-order valence-electron chi connectivity index (χ0n) is 15.2. The summed E-state index contributed by atoms with van der Waals surface area (Å²) in [5, 5.41) is 3.28. The lowest BCUT2D eigenvalue weighted by Gasteiger charge is -2.31. The molecular weight excluding hydrogens is 373 g/mol. The summed E-state index contributed by atoms with van der Waals surface area (Å²) in [6, 6.07) is 4.86. The Morgan fingerprint density at radius 1 is 1.19 bits per heavy atom. The van der Waals surface area contributed by atoms with Gasteiger partial charge in [0.15, 0.2) is 0 Å². The van der Waals surface area contributed by atoms with Crippen LogP contribution < -0.4 is 5.32 Å². The van der Waals surface area contributed by atoms with Crippen LogP contribution in [-0.2, 0) is 4.79 Å². The number of hydrogen-bond donors (Lipinski definition) is 1. The fourth-order valence-corrected chi connectivity index (χ4v) is 4.45. The Kier molecular flexibility index (Phi) is 6.10. The van der Waals surface area contributed by atoms with Gasteiger partial charge in [-0.1, -0.05) is 29.3 Å². The Labute approximate surface area is 164 Å². The molecule has 7 heteroatoms. The van der Waals surface area contributed by atoms with Gasteiger partial charge in [-0.25, -0.2) is 0 Å². The summed E-state index contributed by atoms with van der Waals surface area (Å²) >= 11 is 12.1. The first kappa shape index (κ1) is 19.5. The molecule has 2 fully saturated rings. The maximum Gasteiger partial charge on any atom is 0.253 e. The van der Waals surface area contributed by atoms with Crippen LogP contribution in [0.5, 0.6) is 0 Å². The van der Waals surface area contributed by atoms with Crippen molar-refractivity contribution in [2.45, 2.75) is 51.2 Å². The number of nitrogens with zero attached hydrogens (tertiary/aromatic N) is 2. The molecule has 2 aliphatic rings. The Bertz CT molecular complexity index is 691. The van der Waals surface area contributed by atoms with Gasteiger partial charge in [0.25, 0.3) is 5.91 Å². The van der Waals surface area contributed by atoms with Gasteiger partial charge in [0.05, 0.1) is 15.6 Å². The van der Waals surface area contributed by atoms with E-state index >= 15 is 0 Å². The number of nitrogens with one attached hydrogen (secondary N) is 1. The summed E-state index contributed by atoms with van der Waals surface area (Å²) in [6.07, 6.45) is 3.47. The van der Waals surface area contributed by atoms with E-state index in [9.17, 15) is 9.59 Å². The van der Waals surface area contributed by atoms with Gasteiger partial charge in [0, 0.05) is 18.6 Å². The highest BCUT2D eigenvalue weighted by atomic mass is 35.5. The molecule has 0 saturated carbocycles. The lowest BCUT2D eigenvalue weighted by Crippen LogP contribution is -2.50. The van der Waals surface area contributed by atoms with E-state index < -0.39 is 6.04 Å². The Morgan fingerprint density at radius 2 is 1.88 bits per heavy atom. The van der Waals surface area contributed by atoms with Crippen LogP contribution in [0.2, 0.25) is 10.0 Å². The molecule has 0 aromatic heterocycles. The largest absolute Gasteiger partial charge is 0.340 e. The van der Waals surface area contributed by atoms with Gasteiger partial charge in [-0.05, 0) is 58.3 Å². The summed E-state index contributed by atoms with van der Waals surface area (Å²) in [7, 11) is 0. The van der Waals surface area contributed by atoms with Crippen LogP contribution in [0.4, 0.5) is 0 Å². The standard InChI is InChI=1S/C19H25Cl2N3O2/c1-12(22-18(25)14-6-5-7-15(20)17(14)21)19(26)24-11-8-16(13(24)2)23-9-3-4-10-23/h5-7,12-13,16H,3-4,8-11H2,1-2H3,(H,22,25)/t12-,13+,16+/m0/s1. The number of likely N-dealkylation sites (tertiary alicyclic amines) is 2. The van der Waals surface area contributed by atoms with Gasteiger partial charge in [-0.2, -0.15) is 0 Å². The van der Waals surface area contributed by atoms with Crippen molar-refractivity contribution in [3.8, 4) is 0 Å². The average Bonchev–Trinajstić information content (AvgIpc) is 3.25. The van der Waals surface area contributed by atoms with E-state index in [1.54, 1.807) is 25.1 Å². The molecule has 2 heterocycles. The smallest absolute Gasteiger partial charge is 0.253 e. The van der Waals surface area contributed by atoms with Crippen molar-refractivity contribution < 1.29 is 9.59 Å². The van der Waals surface area contributed by atoms with E-state index in [1.807, 2.05) is 4.90 Å². The minimum atomic E-state index is -0.614. The molecule has 2 saturated heterocycles.